The highest BCUT2D eigenvalue weighted by atomic mass is 16.5. The number of Topliss-reactive ketones (excluding diaryl/α,β-unsaturated/α-hetero) is 1. The van der Waals surface area contributed by atoms with Crippen LogP contribution >= 0.6 is 0 Å². The quantitative estimate of drug-likeness (QED) is 0.541. The maximum Gasteiger partial charge on any atom is 0.302 e. The second kappa shape index (κ2) is 4.94. The number of ketones is 1. The molecular weight excluding hydrogens is 288 g/mol. The highest BCUT2D eigenvalue weighted by Crippen LogP contribution is 2.65. The summed E-state index contributed by atoms with van der Waals surface area (Å²) in [5.41, 5.74) is 1.71. The number of hydrogen-bond acceptors (Lipinski definition) is 3. The summed E-state index contributed by atoms with van der Waals surface area (Å²) in [4.78, 5) is 23.7. The zero-order valence-corrected chi connectivity index (χ0v) is 14.6. The van der Waals surface area contributed by atoms with E-state index < -0.39 is 0 Å². The van der Waals surface area contributed by atoms with Crippen LogP contribution in [0.5, 0.6) is 0 Å². The smallest absolute Gasteiger partial charge is 0.302 e. The molecule has 0 amide bonds. The molecule has 3 fully saturated rings. The first-order valence-corrected chi connectivity index (χ1v) is 9.26. The topological polar surface area (TPSA) is 43.4 Å². The summed E-state index contributed by atoms with van der Waals surface area (Å²) in [5, 5.41) is 0. The second-order valence-electron chi connectivity index (χ2n) is 8.79. The van der Waals surface area contributed by atoms with Gasteiger partial charge in [0.1, 0.15) is 11.9 Å². The van der Waals surface area contributed by atoms with Crippen LogP contribution in [0.15, 0.2) is 11.6 Å². The monoisotopic (exact) mass is 316 g/mol. The fourth-order valence-electron chi connectivity index (χ4n) is 6.39. The lowest BCUT2D eigenvalue weighted by Crippen LogP contribution is -2.44. The molecule has 3 saturated carbocycles. The van der Waals surface area contributed by atoms with Gasteiger partial charge in [-0.15, -0.1) is 0 Å². The molecular formula is C20H28O3. The fraction of sp³-hybridized carbons (Fsp3) is 0.800. The Morgan fingerprint density at radius 3 is 2.57 bits per heavy atom. The van der Waals surface area contributed by atoms with Crippen LogP contribution in [-0.2, 0) is 14.3 Å². The van der Waals surface area contributed by atoms with Crippen molar-refractivity contribution >= 4 is 11.8 Å². The van der Waals surface area contributed by atoms with Crippen molar-refractivity contribution in [1.82, 2.24) is 0 Å². The zero-order valence-electron chi connectivity index (χ0n) is 14.6. The molecule has 0 spiro atoms. The molecule has 0 unspecified atom stereocenters. The summed E-state index contributed by atoms with van der Waals surface area (Å²) in [5.74, 6) is 2.13. The average Bonchev–Trinajstić information content (AvgIpc) is 2.94. The number of carbonyl (C=O) groups excluding carboxylic acids is 2. The summed E-state index contributed by atoms with van der Waals surface area (Å²) in [6.45, 7) is 6.15. The first-order valence-electron chi connectivity index (χ1n) is 9.26. The Bertz CT molecular complexity index is 592. The molecule has 0 saturated heterocycles. The number of carbonyl (C=O) groups is 2. The Labute approximate surface area is 138 Å². The van der Waals surface area contributed by atoms with E-state index >= 15 is 0 Å². The third kappa shape index (κ3) is 2.08. The van der Waals surface area contributed by atoms with E-state index in [4.69, 9.17) is 4.74 Å². The third-order valence-corrected chi connectivity index (χ3v) is 7.75. The zero-order chi connectivity index (χ0) is 16.4. The number of fused-ring (bicyclic) bond motifs is 5. The Balaban J connectivity index is 1.62. The second-order valence-corrected chi connectivity index (χ2v) is 8.79. The molecule has 0 heterocycles. The van der Waals surface area contributed by atoms with Gasteiger partial charge in [0.25, 0.3) is 0 Å². The Morgan fingerprint density at radius 1 is 1.13 bits per heavy atom. The van der Waals surface area contributed by atoms with Crippen LogP contribution in [0.2, 0.25) is 0 Å². The highest BCUT2D eigenvalue weighted by molar-refractivity contribution is 5.87. The normalized spacial score (nSPS) is 48.3. The lowest BCUT2D eigenvalue weighted by molar-refractivity contribution is -0.148. The number of ether oxygens (including phenoxy) is 1. The fourth-order valence-corrected chi connectivity index (χ4v) is 6.39. The Kier molecular flexibility index (Phi) is 3.31. The van der Waals surface area contributed by atoms with Gasteiger partial charge in [-0.05, 0) is 55.3 Å². The molecule has 6 atom stereocenters. The first kappa shape index (κ1) is 15.4. The predicted molar refractivity (Wildman–Crippen MR) is 87.6 cm³/mol. The van der Waals surface area contributed by atoms with Crippen molar-refractivity contribution in [1.29, 1.82) is 0 Å². The van der Waals surface area contributed by atoms with Crippen LogP contribution in [0.4, 0.5) is 0 Å². The molecule has 4 rings (SSSR count). The maximum atomic E-state index is 12.4. The van der Waals surface area contributed by atoms with Crippen molar-refractivity contribution in [3.63, 3.8) is 0 Å². The van der Waals surface area contributed by atoms with Gasteiger partial charge in [0.05, 0.1) is 0 Å². The number of hydrogen-bond donors (Lipinski definition) is 0. The summed E-state index contributed by atoms with van der Waals surface area (Å²) in [7, 11) is 0. The van der Waals surface area contributed by atoms with Crippen molar-refractivity contribution in [2.75, 3.05) is 0 Å². The summed E-state index contributed by atoms with van der Waals surface area (Å²) < 4.78 is 5.49. The van der Waals surface area contributed by atoms with Gasteiger partial charge in [-0.2, -0.15) is 0 Å². The van der Waals surface area contributed by atoms with E-state index in [1.807, 2.05) is 0 Å². The SMILES string of the molecule is CC(=O)O[C@H]1CC[C@@]2(C)C(=C[C@H]3[C@H]4CCC(=O)[C@]4(C)CC[C@H]32)C1. The minimum Gasteiger partial charge on any atom is -0.462 e. The van der Waals surface area contributed by atoms with E-state index in [0.29, 0.717) is 23.5 Å². The van der Waals surface area contributed by atoms with E-state index in [9.17, 15) is 9.59 Å². The van der Waals surface area contributed by atoms with Gasteiger partial charge < -0.3 is 4.74 Å². The molecule has 4 aliphatic rings. The van der Waals surface area contributed by atoms with Gasteiger partial charge in [-0.25, -0.2) is 0 Å². The lowest BCUT2D eigenvalue weighted by atomic mass is 9.55. The van der Waals surface area contributed by atoms with Crippen LogP contribution in [0, 0.1) is 28.6 Å². The van der Waals surface area contributed by atoms with Crippen molar-refractivity contribution in [3.8, 4) is 0 Å². The minimum absolute atomic E-state index is 0.0589. The number of rotatable bonds is 1. The van der Waals surface area contributed by atoms with Gasteiger partial charge in [-0.3, -0.25) is 9.59 Å². The molecule has 0 aromatic rings. The van der Waals surface area contributed by atoms with Gasteiger partial charge >= 0.3 is 5.97 Å². The molecule has 23 heavy (non-hydrogen) atoms. The van der Waals surface area contributed by atoms with Crippen LogP contribution in [0.3, 0.4) is 0 Å². The van der Waals surface area contributed by atoms with Gasteiger partial charge in [0, 0.05) is 25.2 Å². The average molecular weight is 316 g/mol. The molecule has 0 bridgehead atoms. The van der Waals surface area contributed by atoms with Gasteiger partial charge in [0.2, 0.25) is 0 Å². The van der Waals surface area contributed by atoms with E-state index in [1.165, 1.54) is 18.9 Å². The molecule has 4 aliphatic carbocycles. The van der Waals surface area contributed by atoms with E-state index in [-0.39, 0.29) is 22.9 Å². The number of allylic oxidation sites excluding steroid dienone is 1. The largest absolute Gasteiger partial charge is 0.462 e. The molecule has 126 valence electrons. The predicted octanol–water partition coefficient (Wildman–Crippen LogP) is 4.06. The van der Waals surface area contributed by atoms with Crippen LogP contribution in [0.25, 0.3) is 0 Å². The Hall–Kier alpha value is -1.12. The first-order chi connectivity index (χ1) is 10.8. The van der Waals surface area contributed by atoms with Gasteiger partial charge in [0.15, 0.2) is 0 Å². The van der Waals surface area contributed by atoms with Crippen LogP contribution < -0.4 is 0 Å². The molecule has 0 radical (unpaired) electrons. The molecule has 3 heteroatoms. The van der Waals surface area contributed by atoms with Crippen molar-refractivity contribution < 1.29 is 14.3 Å². The molecule has 0 aliphatic heterocycles. The lowest BCUT2D eigenvalue weighted by Gasteiger charge is -2.49. The summed E-state index contributed by atoms with van der Waals surface area (Å²) in [6.07, 6.45) is 9.67. The molecule has 3 nitrogen and oxygen atoms in total. The van der Waals surface area contributed by atoms with Gasteiger partial charge in [-0.1, -0.05) is 25.5 Å². The van der Waals surface area contributed by atoms with Crippen molar-refractivity contribution in [3.05, 3.63) is 11.6 Å². The molecule has 0 aromatic heterocycles. The summed E-state index contributed by atoms with van der Waals surface area (Å²) in [6, 6.07) is 0. The van der Waals surface area contributed by atoms with Crippen molar-refractivity contribution in [2.45, 2.75) is 71.8 Å². The van der Waals surface area contributed by atoms with E-state index in [0.717, 1.165) is 38.5 Å². The minimum atomic E-state index is -0.163. The van der Waals surface area contributed by atoms with Crippen molar-refractivity contribution in [2.24, 2.45) is 28.6 Å². The Morgan fingerprint density at radius 2 is 1.83 bits per heavy atom. The molecule has 0 N–H and O–H groups in total. The molecule has 0 aromatic carbocycles. The van der Waals surface area contributed by atoms with Crippen LogP contribution in [-0.4, -0.2) is 17.9 Å². The maximum absolute atomic E-state index is 12.4. The third-order valence-electron chi connectivity index (χ3n) is 7.75. The number of esters is 1. The van der Waals surface area contributed by atoms with E-state index in [1.54, 1.807) is 0 Å². The highest BCUT2D eigenvalue weighted by Gasteiger charge is 2.59. The summed E-state index contributed by atoms with van der Waals surface area (Å²) >= 11 is 0. The standard InChI is InChI=1S/C20H28O3/c1-12(21)23-14-6-8-19(2)13(10-14)11-15-16-4-5-18(22)20(16,3)9-7-17(15)19/h11,14-17H,4-10H2,1-3H3/t14-,15-,16+,17+,19-,20+/m0/s1. The van der Waals surface area contributed by atoms with E-state index in [2.05, 4.69) is 19.9 Å². The van der Waals surface area contributed by atoms with Crippen LogP contribution in [0.1, 0.15) is 65.7 Å².